The van der Waals surface area contributed by atoms with Crippen LogP contribution in [0.3, 0.4) is 0 Å². The molecule has 0 aliphatic heterocycles. The Morgan fingerprint density at radius 2 is 2.16 bits per heavy atom. The van der Waals surface area contributed by atoms with Crippen LogP contribution in [0, 0.1) is 0 Å². The van der Waals surface area contributed by atoms with Gasteiger partial charge in [-0.1, -0.05) is 11.6 Å². The van der Waals surface area contributed by atoms with Gasteiger partial charge in [0, 0.05) is 7.05 Å². The molecule has 0 aliphatic rings. The zero-order valence-corrected chi connectivity index (χ0v) is 11.4. The number of carbonyl (C=O) groups is 1. The Kier molecular flexibility index (Phi) is 3.19. The van der Waals surface area contributed by atoms with E-state index in [1.165, 1.54) is 10.9 Å². The maximum atomic E-state index is 10.6. The molecule has 0 unspecified atom stereocenters. The Hall–Kier alpha value is -2.09. The number of carboxylic acid groups (broad SMARTS) is 1. The molecule has 0 radical (unpaired) electrons. The van der Waals surface area contributed by atoms with Crippen molar-refractivity contribution in [1.29, 1.82) is 0 Å². The number of anilines is 1. The lowest BCUT2D eigenvalue weighted by molar-refractivity contribution is 0.209. The highest BCUT2D eigenvalue weighted by atomic mass is 35.5. The third-order valence-electron chi connectivity index (χ3n) is 2.63. The third-order valence-corrected chi connectivity index (χ3v) is 2.91. The van der Waals surface area contributed by atoms with Crippen molar-refractivity contribution < 1.29 is 9.90 Å². The summed E-state index contributed by atoms with van der Waals surface area (Å²) in [6.07, 6.45) is 1.89. The summed E-state index contributed by atoms with van der Waals surface area (Å²) in [5.41, 5.74) is -0.429. The maximum absolute atomic E-state index is 10.6. The summed E-state index contributed by atoms with van der Waals surface area (Å²) in [6.45, 7) is 3.71. The van der Waals surface area contributed by atoms with Gasteiger partial charge in [0.25, 0.3) is 0 Å². The number of aryl methyl sites for hydroxylation is 1. The molecule has 102 valence electrons. The van der Waals surface area contributed by atoms with Gasteiger partial charge in [0.2, 0.25) is 0 Å². The summed E-state index contributed by atoms with van der Waals surface area (Å²) < 4.78 is 3.11. The highest BCUT2D eigenvalue weighted by Crippen LogP contribution is 2.27. The normalized spacial score (nSPS) is 11.6. The Morgan fingerprint density at radius 3 is 2.68 bits per heavy atom. The van der Waals surface area contributed by atoms with Crippen LogP contribution >= 0.6 is 11.6 Å². The molecule has 0 saturated carbocycles. The second kappa shape index (κ2) is 4.54. The van der Waals surface area contributed by atoms with Crippen molar-refractivity contribution in [1.82, 2.24) is 24.5 Å². The summed E-state index contributed by atoms with van der Waals surface area (Å²) in [5, 5.41) is 19.3. The van der Waals surface area contributed by atoms with E-state index in [2.05, 4.69) is 20.5 Å². The largest absolute Gasteiger partial charge is 0.465 e. The van der Waals surface area contributed by atoms with Crippen LogP contribution in [-0.2, 0) is 12.6 Å². The molecule has 9 heteroatoms. The van der Waals surface area contributed by atoms with Crippen molar-refractivity contribution in [3.05, 3.63) is 23.5 Å². The average molecular weight is 285 g/mol. The number of nitrogens with one attached hydrogen (secondary N) is 1. The maximum Gasteiger partial charge on any atom is 0.409 e. The number of nitrogens with zero attached hydrogens (tertiary/aromatic N) is 5. The van der Waals surface area contributed by atoms with Crippen LogP contribution in [0.4, 0.5) is 10.5 Å². The van der Waals surface area contributed by atoms with E-state index in [0.29, 0.717) is 5.82 Å². The van der Waals surface area contributed by atoms with Crippen LogP contribution in [0.25, 0.3) is 0 Å². The lowest BCUT2D eigenvalue weighted by Gasteiger charge is -2.21. The van der Waals surface area contributed by atoms with Crippen LogP contribution in [0.2, 0.25) is 5.15 Å². The number of hydrogen-bond acceptors (Lipinski definition) is 4. The Labute approximate surface area is 114 Å². The van der Waals surface area contributed by atoms with Gasteiger partial charge in [-0.15, -0.1) is 0 Å². The highest BCUT2D eigenvalue weighted by Gasteiger charge is 2.29. The van der Waals surface area contributed by atoms with Crippen LogP contribution < -0.4 is 5.32 Å². The van der Waals surface area contributed by atoms with Crippen LogP contribution in [0.1, 0.15) is 19.7 Å². The van der Waals surface area contributed by atoms with Crippen molar-refractivity contribution in [2.24, 2.45) is 7.05 Å². The minimum absolute atomic E-state index is 0.0754. The van der Waals surface area contributed by atoms with Crippen molar-refractivity contribution in [2.45, 2.75) is 19.4 Å². The Balaban J connectivity index is 2.38. The first kappa shape index (κ1) is 13.3. The van der Waals surface area contributed by atoms with Gasteiger partial charge < -0.3 is 5.11 Å². The zero-order chi connectivity index (χ0) is 14.2. The number of hydrogen-bond donors (Lipinski definition) is 2. The molecule has 0 bridgehead atoms. The second-order valence-corrected chi connectivity index (χ2v) is 4.87. The molecule has 0 aromatic carbocycles. The molecule has 1 amide bonds. The molecule has 2 heterocycles. The molecule has 0 fully saturated rings. The fourth-order valence-corrected chi connectivity index (χ4v) is 1.74. The molecule has 2 aromatic heterocycles. The SMILES string of the molecule is Cn1cnc(C(C)(C)n2cc(NC(=O)O)c(Cl)n2)n1. The van der Waals surface area contributed by atoms with Gasteiger partial charge in [0.15, 0.2) is 11.0 Å². The lowest BCUT2D eigenvalue weighted by Crippen LogP contribution is -2.30. The second-order valence-electron chi connectivity index (χ2n) is 4.51. The van der Waals surface area contributed by atoms with Gasteiger partial charge in [-0.3, -0.25) is 14.7 Å². The lowest BCUT2D eigenvalue weighted by atomic mass is 10.1. The molecule has 2 aromatic rings. The topological polar surface area (TPSA) is 97.9 Å². The first-order chi connectivity index (χ1) is 8.80. The molecule has 8 nitrogen and oxygen atoms in total. The van der Waals surface area contributed by atoms with E-state index >= 15 is 0 Å². The smallest absolute Gasteiger partial charge is 0.409 e. The number of halogens is 1. The van der Waals surface area contributed by atoms with Gasteiger partial charge in [-0.05, 0) is 13.8 Å². The van der Waals surface area contributed by atoms with Crippen molar-refractivity contribution in [3.63, 3.8) is 0 Å². The fourth-order valence-electron chi connectivity index (χ4n) is 1.56. The summed E-state index contributed by atoms with van der Waals surface area (Å²) in [4.78, 5) is 14.8. The van der Waals surface area contributed by atoms with Crippen molar-refractivity contribution >= 4 is 23.4 Å². The molecule has 0 aliphatic carbocycles. The van der Waals surface area contributed by atoms with E-state index in [-0.39, 0.29) is 10.8 Å². The van der Waals surface area contributed by atoms with Crippen LogP contribution in [0.15, 0.2) is 12.5 Å². The van der Waals surface area contributed by atoms with E-state index in [1.54, 1.807) is 18.1 Å². The monoisotopic (exact) mass is 284 g/mol. The minimum Gasteiger partial charge on any atom is -0.465 e. The first-order valence-corrected chi connectivity index (χ1v) is 5.80. The first-order valence-electron chi connectivity index (χ1n) is 5.42. The molecule has 2 N–H and O–H groups in total. The van der Waals surface area contributed by atoms with Gasteiger partial charge in [0.05, 0.1) is 6.20 Å². The summed E-state index contributed by atoms with van der Waals surface area (Å²) in [6, 6.07) is 0. The summed E-state index contributed by atoms with van der Waals surface area (Å²) in [5.74, 6) is 0.552. The Bertz CT molecular complexity index is 617. The predicted octanol–water partition coefficient (Wildman–Crippen LogP) is 1.54. The fraction of sp³-hybridized carbons (Fsp3) is 0.400. The molecule has 0 spiro atoms. The van der Waals surface area contributed by atoms with Crippen LogP contribution in [-0.4, -0.2) is 35.7 Å². The van der Waals surface area contributed by atoms with Gasteiger partial charge in [-0.25, -0.2) is 9.78 Å². The standard InChI is InChI=1S/C10H13ClN6O2/c1-10(2,8-12-5-16(3)15-8)17-4-6(7(11)14-17)13-9(18)19/h4-5,13H,1-3H3,(H,18,19). The van der Waals surface area contributed by atoms with Gasteiger partial charge >= 0.3 is 6.09 Å². The van der Waals surface area contributed by atoms with E-state index in [4.69, 9.17) is 16.7 Å². The predicted molar refractivity (Wildman–Crippen MR) is 68.3 cm³/mol. The van der Waals surface area contributed by atoms with Crippen molar-refractivity contribution in [2.75, 3.05) is 5.32 Å². The zero-order valence-electron chi connectivity index (χ0n) is 10.6. The number of rotatable bonds is 3. The van der Waals surface area contributed by atoms with Crippen LogP contribution in [0.5, 0.6) is 0 Å². The van der Waals surface area contributed by atoms with Gasteiger partial charge in [0.1, 0.15) is 17.6 Å². The molecule has 2 rings (SSSR count). The quantitative estimate of drug-likeness (QED) is 0.891. The highest BCUT2D eigenvalue weighted by molar-refractivity contribution is 6.32. The summed E-state index contributed by atoms with van der Waals surface area (Å²) >= 11 is 5.88. The van der Waals surface area contributed by atoms with E-state index < -0.39 is 11.6 Å². The average Bonchev–Trinajstić information content (AvgIpc) is 2.86. The third kappa shape index (κ3) is 2.53. The van der Waals surface area contributed by atoms with E-state index in [1.807, 2.05) is 13.8 Å². The molecular weight excluding hydrogens is 272 g/mol. The Morgan fingerprint density at radius 1 is 1.47 bits per heavy atom. The molecule has 0 atom stereocenters. The number of amides is 1. The molecular formula is C10H13ClN6O2. The van der Waals surface area contributed by atoms with E-state index in [0.717, 1.165) is 0 Å². The van der Waals surface area contributed by atoms with Crippen molar-refractivity contribution in [3.8, 4) is 0 Å². The van der Waals surface area contributed by atoms with Gasteiger partial charge in [-0.2, -0.15) is 10.2 Å². The summed E-state index contributed by atoms with van der Waals surface area (Å²) in [7, 11) is 1.76. The molecule has 0 saturated heterocycles. The molecule has 19 heavy (non-hydrogen) atoms. The number of aromatic nitrogens is 5. The minimum atomic E-state index is -1.20. The van der Waals surface area contributed by atoms with E-state index in [9.17, 15) is 4.79 Å².